The molecule has 0 saturated carbocycles. The highest BCUT2D eigenvalue weighted by Crippen LogP contribution is 2.31. The van der Waals surface area contributed by atoms with E-state index in [1.54, 1.807) is 0 Å². The Labute approximate surface area is 176 Å². The monoisotopic (exact) mass is 407 g/mol. The summed E-state index contributed by atoms with van der Waals surface area (Å²) in [6.45, 7) is 4.73. The molecule has 0 radical (unpaired) electrons. The van der Waals surface area contributed by atoms with Gasteiger partial charge in [-0.3, -0.25) is 4.79 Å². The molecule has 1 saturated heterocycles. The molecular formula is C24H26ClN3O. The highest BCUT2D eigenvalue weighted by Gasteiger charge is 2.26. The van der Waals surface area contributed by atoms with E-state index in [2.05, 4.69) is 57.2 Å². The van der Waals surface area contributed by atoms with Crippen molar-refractivity contribution in [2.24, 2.45) is 0 Å². The summed E-state index contributed by atoms with van der Waals surface area (Å²) in [6, 6.07) is 16.7. The molecule has 2 aromatic carbocycles. The van der Waals surface area contributed by atoms with Crippen molar-refractivity contribution in [2.45, 2.75) is 31.7 Å². The van der Waals surface area contributed by atoms with Crippen LogP contribution in [0.25, 0.3) is 10.9 Å². The van der Waals surface area contributed by atoms with E-state index >= 15 is 0 Å². The highest BCUT2D eigenvalue weighted by atomic mass is 35.5. The smallest absolute Gasteiger partial charge is 0.268 e. The summed E-state index contributed by atoms with van der Waals surface area (Å²) in [4.78, 5) is 15.1. The molecule has 1 N–H and O–H groups in total. The fourth-order valence-electron chi connectivity index (χ4n) is 5.00. The number of carbonyl (C=O) groups is 1. The van der Waals surface area contributed by atoms with Crippen LogP contribution in [0.5, 0.6) is 0 Å². The van der Waals surface area contributed by atoms with Crippen LogP contribution in [-0.4, -0.2) is 41.6 Å². The Kier molecular flexibility index (Phi) is 5.06. The van der Waals surface area contributed by atoms with Gasteiger partial charge in [0, 0.05) is 35.6 Å². The number of likely N-dealkylation sites (tertiary alicyclic amines) is 1. The number of rotatable bonds is 4. The summed E-state index contributed by atoms with van der Waals surface area (Å²) in [7, 11) is 0. The minimum atomic E-state index is 0.0714. The van der Waals surface area contributed by atoms with Crippen LogP contribution >= 0.6 is 11.6 Å². The Hall–Kier alpha value is -2.30. The average molecular weight is 408 g/mol. The van der Waals surface area contributed by atoms with Crippen molar-refractivity contribution in [1.29, 1.82) is 0 Å². The summed E-state index contributed by atoms with van der Waals surface area (Å²) in [5.74, 6) is 0.665. The number of hydrogen-bond acceptors (Lipinski definition) is 2. The fourth-order valence-corrected chi connectivity index (χ4v) is 5.20. The lowest BCUT2D eigenvalue weighted by atomic mass is 9.89. The first-order chi connectivity index (χ1) is 14.2. The number of halogens is 1. The van der Waals surface area contributed by atoms with Crippen LogP contribution in [0.2, 0.25) is 5.02 Å². The molecule has 1 fully saturated rings. The Morgan fingerprint density at radius 1 is 1.03 bits per heavy atom. The number of fused-ring (bicyclic) bond motifs is 3. The van der Waals surface area contributed by atoms with Crippen LogP contribution in [0.3, 0.4) is 0 Å². The van der Waals surface area contributed by atoms with Gasteiger partial charge in [0.05, 0.1) is 0 Å². The zero-order chi connectivity index (χ0) is 19.8. The van der Waals surface area contributed by atoms with Gasteiger partial charge < -0.3 is 14.8 Å². The highest BCUT2D eigenvalue weighted by molar-refractivity contribution is 6.30. The first-order valence-corrected chi connectivity index (χ1v) is 10.9. The number of benzene rings is 2. The standard InChI is InChI=1S/C24H26ClN3O/c25-19-5-3-4-18(16-19)17-9-12-27(13-10-17)14-15-28-22-7-2-1-6-20(22)21-8-11-26-24(29)23(21)28/h1-7,16-17H,8-15H2,(H,26,29). The molecule has 0 spiro atoms. The summed E-state index contributed by atoms with van der Waals surface area (Å²) in [5, 5.41) is 5.08. The predicted octanol–water partition coefficient (Wildman–Crippen LogP) is 4.46. The molecule has 0 atom stereocenters. The third-order valence-electron chi connectivity index (χ3n) is 6.50. The number of para-hydroxylation sites is 1. The lowest BCUT2D eigenvalue weighted by molar-refractivity contribution is 0.0935. The van der Waals surface area contributed by atoms with Gasteiger partial charge in [-0.1, -0.05) is 41.9 Å². The summed E-state index contributed by atoms with van der Waals surface area (Å²) >= 11 is 6.17. The van der Waals surface area contributed by atoms with Crippen molar-refractivity contribution in [3.05, 3.63) is 70.4 Å². The average Bonchev–Trinajstić information content (AvgIpc) is 3.08. The number of carbonyl (C=O) groups excluding carboxylic acids is 1. The molecule has 3 heterocycles. The van der Waals surface area contributed by atoms with Crippen LogP contribution < -0.4 is 5.32 Å². The lowest BCUT2D eigenvalue weighted by Crippen LogP contribution is -2.37. The number of nitrogens with zero attached hydrogens (tertiary/aromatic N) is 2. The van der Waals surface area contributed by atoms with Crippen LogP contribution in [0.4, 0.5) is 0 Å². The van der Waals surface area contributed by atoms with Crippen molar-refractivity contribution in [3.63, 3.8) is 0 Å². The van der Waals surface area contributed by atoms with E-state index in [9.17, 15) is 4.79 Å². The van der Waals surface area contributed by atoms with Gasteiger partial charge in [-0.25, -0.2) is 0 Å². The minimum Gasteiger partial charge on any atom is -0.350 e. The number of piperidine rings is 1. The SMILES string of the molecule is O=C1NCCc2c1n(CCN1CCC(c3cccc(Cl)c3)CC1)c1ccccc21. The maximum atomic E-state index is 12.6. The Morgan fingerprint density at radius 3 is 2.69 bits per heavy atom. The quantitative estimate of drug-likeness (QED) is 0.693. The molecule has 29 heavy (non-hydrogen) atoms. The maximum absolute atomic E-state index is 12.6. The molecule has 5 heteroatoms. The molecule has 0 bridgehead atoms. The van der Waals surface area contributed by atoms with Gasteiger partial charge in [-0.05, 0) is 67.6 Å². The summed E-state index contributed by atoms with van der Waals surface area (Å²) in [5.41, 5.74) is 4.62. The largest absolute Gasteiger partial charge is 0.350 e. The van der Waals surface area contributed by atoms with E-state index in [0.29, 0.717) is 5.92 Å². The van der Waals surface area contributed by atoms with Crippen molar-refractivity contribution < 1.29 is 4.79 Å². The van der Waals surface area contributed by atoms with Crippen LogP contribution in [0, 0.1) is 0 Å². The molecule has 5 rings (SSSR count). The molecular weight excluding hydrogens is 382 g/mol. The van der Waals surface area contributed by atoms with E-state index in [0.717, 1.165) is 62.7 Å². The van der Waals surface area contributed by atoms with Gasteiger partial charge >= 0.3 is 0 Å². The predicted molar refractivity (Wildman–Crippen MR) is 118 cm³/mol. The number of nitrogens with one attached hydrogen (secondary N) is 1. The molecule has 0 unspecified atom stereocenters. The molecule has 3 aromatic rings. The van der Waals surface area contributed by atoms with Crippen LogP contribution in [0.1, 0.15) is 40.4 Å². The zero-order valence-electron chi connectivity index (χ0n) is 16.5. The normalized spacial score (nSPS) is 18.0. The van der Waals surface area contributed by atoms with Crippen molar-refractivity contribution >= 4 is 28.4 Å². The van der Waals surface area contributed by atoms with Gasteiger partial charge in [0.25, 0.3) is 5.91 Å². The zero-order valence-corrected chi connectivity index (χ0v) is 17.3. The Balaban J connectivity index is 1.30. The Bertz CT molecular complexity index is 1050. The number of hydrogen-bond donors (Lipinski definition) is 1. The van der Waals surface area contributed by atoms with Gasteiger partial charge in [-0.15, -0.1) is 0 Å². The van der Waals surface area contributed by atoms with E-state index in [4.69, 9.17) is 11.6 Å². The van der Waals surface area contributed by atoms with Gasteiger partial charge in [0.1, 0.15) is 5.69 Å². The van der Waals surface area contributed by atoms with Gasteiger partial charge in [0.15, 0.2) is 0 Å². The van der Waals surface area contributed by atoms with Gasteiger partial charge in [-0.2, -0.15) is 0 Å². The molecule has 4 nitrogen and oxygen atoms in total. The number of aromatic nitrogens is 1. The molecule has 2 aliphatic rings. The van der Waals surface area contributed by atoms with E-state index in [-0.39, 0.29) is 5.91 Å². The van der Waals surface area contributed by atoms with E-state index in [1.807, 2.05) is 6.07 Å². The third kappa shape index (κ3) is 3.56. The molecule has 1 aromatic heterocycles. The first kappa shape index (κ1) is 18.7. The lowest BCUT2D eigenvalue weighted by Gasteiger charge is -2.32. The number of amides is 1. The van der Waals surface area contributed by atoms with Crippen molar-refractivity contribution in [2.75, 3.05) is 26.2 Å². The van der Waals surface area contributed by atoms with Crippen molar-refractivity contribution in [1.82, 2.24) is 14.8 Å². The van der Waals surface area contributed by atoms with Crippen LogP contribution in [0.15, 0.2) is 48.5 Å². The second-order valence-electron chi connectivity index (χ2n) is 8.17. The first-order valence-electron chi connectivity index (χ1n) is 10.6. The third-order valence-corrected chi connectivity index (χ3v) is 6.73. The maximum Gasteiger partial charge on any atom is 0.268 e. The second kappa shape index (κ2) is 7.85. The van der Waals surface area contributed by atoms with Gasteiger partial charge in [0.2, 0.25) is 0 Å². The van der Waals surface area contributed by atoms with E-state index in [1.165, 1.54) is 22.0 Å². The van der Waals surface area contributed by atoms with E-state index < -0.39 is 0 Å². The van der Waals surface area contributed by atoms with Crippen molar-refractivity contribution in [3.8, 4) is 0 Å². The molecule has 150 valence electrons. The molecule has 2 aliphatic heterocycles. The molecule has 1 amide bonds. The molecule has 0 aliphatic carbocycles. The Morgan fingerprint density at radius 2 is 1.86 bits per heavy atom. The second-order valence-corrected chi connectivity index (χ2v) is 8.61. The minimum absolute atomic E-state index is 0.0714. The summed E-state index contributed by atoms with van der Waals surface area (Å²) in [6.07, 6.45) is 3.23. The fraction of sp³-hybridized carbons (Fsp3) is 0.375. The summed E-state index contributed by atoms with van der Waals surface area (Å²) < 4.78 is 2.24. The van der Waals surface area contributed by atoms with Crippen LogP contribution in [-0.2, 0) is 13.0 Å². The topological polar surface area (TPSA) is 37.3 Å².